The molecular weight excluding hydrogens is 1160 g/mol. The fourth-order valence-electron chi connectivity index (χ4n) is 11.8. The lowest BCUT2D eigenvalue weighted by molar-refractivity contribution is -0.0659. The van der Waals surface area contributed by atoms with Crippen molar-refractivity contribution in [2.24, 2.45) is 0 Å². The van der Waals surface area contributed by atoms with E-state index in [-0.39, 0.29) is 47.6 Å². The first kappa shape index (κ1) is 62.4. The molecule has 3 aromatic heterocycles. The number of aromatic nitrogens is 5. The number of aromatic amines is 1. The van der Waals surface area contributed by atoms with Crippen LogP contribution >= 0.6 is 23.2 Å². The number of halogens is 2. The summed E-state index contributed by atoms with van der Waals surface area (Å²) in [6.45, 7) is 30.4. The number of nitrogens with zero attached hydrogens (tertiary/aromatic N) is 4. The molecule has 0 radical (unpaired) electrons. The molecule has 6 atom stereocenters. The van der Waals surface area contributed by atoms with Gasteiger partial charge in [0.05, 0.1) is 69.9 Å². The SMILES string of the molecule is CC1(C)OB(c2ccc(-c3cc4nc(O[C@@H]5CO[C@@H]6CO[Si](C(C)(C)C)(C(C)(C)C)O[C@H]65)n(COCC[Si](C)(C)C)c4cc3Cl)cc2)OC1(C)C.OC[C@H]1OC[C@@H](Oc2nc3nc(-c4ccc(-c5ccc6ccccc6c5)cc4)c(Cl)cc3[nH]2)[C@@H]1O. The lowest BCUT2D eigenvalue weighted by Crippen LogP contribution is -2.65. The monoisotopic (exact) mass is 1240 g/mol. The van der Waals surface area contributed by atoms with Gasteiger partial charge >= 0.3 is 15.7 Å². The van der Waals surface area contributed by atoms with Crippen molar-refractivity contribution in [2.45, 2.75) is 160 Å². The Balaban J connectivity index is 0.000000191. The predicted octanol–water partition coefficient (Wildman–Crippen LogP) is 13.2. The van der Waals surface area contributed by atoms with Crippen LogP contribution in [0, 0.1) is 0 Å². The standard InChI is InChI=1S/C38H58BClN2O7Si2.C27H22ClN3O4/c1-35(2,3)51(36(4,5)6)45-23-31-33(47-51)32(22-44-31)46-34-41-29-20-27(28(40)21-30(29)42(34)24-43-18-19-50(11,12)13)25-14-16-26(17-15-25)39-48-37(7,8)38(9,10)49-39;28-20-12-21-26(31-27(29-21)35-23-14-34-22(13-32)25(23)33)30-24(20)17-8-5-16(6-9-17)19-10-7-15-3-1-2-4-18(15)11-19/h14-17,20-21,31-33H,18-19,22-24H2,1-13H3;1-12,22-23,25,32-33H,13-14H2,(H,29,30,31)/t31-,32-,33-;22-,23-,25-/m11/s1. The van der Waals surface area contributed by atoms with Crippen molar-refractivity contribution >= 4 is 85.4 Å². The van der Waals surface area contributed by atoms with E-state index in [1.165, 1.54) is 10.8 Å². The van der Waals surface area contributed by atoms with Crippen molar-refractivity contribution in [3.63, 3.8) is 0 Å². The summed E-state index contributed by atoms with van der Waals surface area (Å²) < 4.78 is 58.7. The topological polar surface area (TPSA) is 183 Å². The minimum atomic E-state index is -2.74. The Kier molecular flexibility index (Phi) is 17.4. The Hall–Kier alpha value is -5.23. The molecule has 0 aliphatic carbocycles. The fourth-order valence-corrected chi connectivity index (χ4v) is 18.1. The first-order valence-electron chi connectivity index (χ1n) is 29.7. The molecule has 5 aromatic carbocycles. The number of ether oxygens (including phenoxy) is 5. The van der Waals surface area contributed by atoms with Crippen LogP contribution in [0.15, 0.2) is 109 Å². The van der Waals surface area contributed by atoms with Gasteiger partial charge < -0.3 is 57.0 Å². The summed E-state index contributed by atoms with van der Waals surface area (Å²) in [6.07, 6.45) is -3.07. The van der Waals surface area contributed by atoms with Crippen LogP contribution in [0.2, 0.25) is 45.8 Å². The summed E-state index contributed by atoms with van der Waals surface area (Å²) in [6, 6.07) is 38.5. The number of rotatable bonds is 14. The van der Waals surface area contributed by atoms with Crippen molar-refractivity contribution in [1.29, 1.82) is 0 Å². The summed E-state index contributed by atoms with van der Waals surface area (Å²) in [5, 5.41) is 22.6. The number of fused-ring (bicyclic) bond motifs is 4. The number of aliphatic hydroxyl groups excluding tert-OH is 2. The Labute approximate surface area is 516 Å². The van der Waals surface area contributed by atoms with Gasteiger partial charge in [0.15, 0.2) is 17.9 Å². The molecule has 8 aromatic rings. The van der Waals surface area contributed by atoms with Crippen molar-refractivity contribution in [3.05, 3.63) is 119 Å². The van der Waals surface area contributed by atoms with Crippen molar-refractivity contribution in [2.75, 3.05) is 33.0 Å². The Morgan fingerprint density at radius 3 is 2.05 bits per heavy atom. The predicted molar refractivity (Wildman–Crippen MR) is 345 cm³/mol. The van der Waals surface area contributed by atoms with E-state index in [9.17, 15) is 10.2 Å². The van der Waals surface area contributed by atoms with Crippen LogP contribution in [0.25, 0.3) is 66.5 Å². The third-order valence-electron chi connectivity index (χ3n) is 17.3. The third-order valence-corrected chi connectivity index (χ3v) is 24.7. The van der Waals surface area contributed by atoms with Gasteiger partial charge in [-0.2, -0.15) is 9.97 Å². The molecule has 4 fully saturated rings. The molecule has 21 heteroatoms. The molecule has 3 N–H and O–H groups in total. The molecule has 4 aliphatic rings. The molecule has 12 rings (SSSR count). The normalized spacial score (nSPS) is 22.8. The minimum Gasteiger partial charge on any atom is -0.456 e. The van der Waals surface area contributed by atoms with Crippen LogP contribution in [0.4, 0.5) is 0 Å². The number of hydrogen-bond donors (Lipinski definition) is 3. The average molecular weight is 1250 g/mol. The van der Waals surface area contributed by atoms with E-state index >= 15 is 0 Å². The second kappa shape index (κ2) is 23.9. The Morgan fingerprint density at radius 1 is 0.733 bits per heavy atom. The maximum atomic E-state index is 10.2. The molecule has 0 bridgehead atoms. The molecule has 0 unspecified atom stereocenters. The minimum absolute atomic E-state index is 0.156. The summed E-state index contributed by atoms with van der Waals surface area (Å²) in [5.41, 5.74) is 8.41. The zero-order valence-corrected chi connectivity index (χ0v) is 55.0. The lowest BCUT2D eigenvalue weighted by Gasteiger charge is -2.53. The van der Waals surface area contributed by atoms with E-state index in [1.807, 2.05) is 53.1 Å². The highest BCUT2D eigenvalue weighted by Gasteiger charge is 2.64. The zero-order valence-electron chi connectivity index (χ0n) is 51.5. The van der Waals surface area contributed by atoms with Crippen LogP contribution in [-0.4, -0.2) is 139 Å². The number of hydrogen-bond acceptors (Lipinski definition) is 14. The highest BCUT2D eigenvalue weighted by Crippen LogP contribution is 2.55. The Bertz CT molecular complexity index is 3700. The molecule has 0 amide bonds. The van der Waals surface area contributed by atoms with Gasteiger partial charge in [0, 0.05) is 35.9 Å². The molecule has 4 saturated heterocycles. The summed E-state index contributed by atoms with van der Waals surface area (Å²) in [5.74, 6) is 0. The first-order valence-corrected chi connectivity index (χ1v) is 36.0. The molecular formula is C65H80BCl2N5O11Si2. The number of H-pyrrole nitrogens is 1. The van der Waals surface area contributed by atoms with E-state index in [1.54, 1.807) is 6.07 Å². The summed E-state index contributed by atoms with van der Waals surface area (Å²) in [4.78, 5) is 17.1. The van der Waals surface area contributed by atoms with Gasteiger partial charge in [-0.05, 0) is 90.9 Å². The number of benzene rings is 5. The zero-order chi connectivity index (χ0) is 61.3. The highest BCUT2D eigenvalue weighted by atomic mass is 35.5. The van der Waals surface area contributed by atoms with Crippen LogP contribution in [-0.2, 0) is 39.1 Å². The van der Waals surface area contributed by atoms with Gasteiger partial charge in [0.25, 0.3) is 12.0 Å². The van der Waals surface area contributed by atoms with E-state index in [2.05, 4.69) is 158 Å². The number of imidazole rings is 2. The summed E-state index contributed by atoms with van der Waals surface area (Å²) >= 11 is 13.6. The average Bonchev–Trinajstić information content (AvgIpc) is 1.22. The molecule has 0 spiro atoms. The number of pyridine rings is 1. The van der Waals surface area contributed by atoms with Gasteiger partial charge in [-0.1, -0.05) is 169 Å². The van der Waals surface area contributed by atoms with Gasteiger partial charge in [-0.15, -0.1) is 0 Å². The van der Waals surface area contributed by atoms with E-state index in [0.717, 1.165) is 50.4 Å². The maximum Gasteiger partial charge on any atom is 0.494 e. The van der Waals surface area contributed by atoms with Crippen LogP contribution in [0.1, 0.15) is 69.2 Å². The van der Waals surface area contributed by atoms with Crippen molar-refractivity contribution < 1.29 is 52.1 Å². The number of nitrogens with one attached hydrogen (secondary N) is 1. The van der Waals surface area contributed by atoms with Crippen LogP contribution in [0.3, 0.4) is 0 Å². The lowest BCUT2D eigenvalue weighted by atomic mass is 9.78. The first-order chi connectivity index (χ1) is 40.6. The molecule has 7 heterocycles. The van der Waals surface area contributed by atoms with Gasteiger partial charge in [-0.3, -0.25) is 4.57 Å². The van der Waals surface area contributed by atoms with E-state index in [0.29, 0.717) is 59.5 Å². The quantitative estimate of drug-likeness (QED) is 0.0690. The third kappa shape index (κ3) is 12.6. The molecule has 86 heavy (non-hydrogen) atoms. The smallest absolute Gasteiger partial charge is 0.456 e. The molecule has 16 nitrogen and oxygen atoms in total. The van der Waals surface area contributed by atoms with Crippen molar-refractivity contribution in [3.8, 4) is 45.5 Å². The molecule has 0 saturated carbocycles. The summed E-state index contributed by atoms with van der Waals surface area (Å²) in [7, 11) is -4.46. The number of aliphatic hydroxyl groups is 2. The van der Waals surface area contributed by atoms with Gasteiger partial charge in [0.2, 0.25) is 0 Å². The maximum absolute atomic E-state index is 10.2. The van der Waals surface area contributed by atoms with Gasteiger partial charge in [-0.25, -0.2) is 4.98 Å². The largest absolute Gasteiger partial charge is 0.494 e. The molecule has 4 aliphatic heterocycles. The second-order valence-electron chi connectivity index (χ2n) is 27.3. The second-order valence-corrected chi connectivity index (χ2v) is 38.5. The highest BCUT2D eigenvalue weighted by molar-refractivity contribution is 6.76. The van der Waals surface area contributed by atoms with Crippen LogP contribution < -0.4 is 14.9 Å². The van der Waals surface area contributed by atoms with Crippen molar-refractivity contribution in [1.82, 2.24) is 24.5 Å². The van der Waals surface area contributed by atoms with Gasteiger partial charge in [0.1, 0.15) is 31.1 Å². The van der Waals surface area contributed by atoms with Crippen LogP contribution in [0.5, 0.6) is 12.0 Å². The molecule has 456 valence electrons. The van der Waals surface area contributed by atoms with E-state index in [4.69, 9.17) is 70.0 Å². The fraction of sp³-hybridized carbons (Fsp3) is 0.462. The Morgan fingerprint density at radius 2 is 1.38 bits per heavy atom. The van der Waals surface area contributed by atoms with E-state index < -0.39 is 53.3 Å².